The van der Waals surface area contributed by atoms with Crippen LogP contribution in [0.2, 0.25) is 0 Å². The predicted octanol–water partition coefficient (Wildman–Crippen LogP) is 2.87. The molecule has 0 aliphatic heterocycles. The summed E-state index contributed by atoms with van der Waals surface area (Å²) in [5.41, 5.74) is 1.76. The fourth-order valence-corrected chi connectivity index (χ4v) is 2.29. The maximum Gasteiger partial charge on any atom is 0.123 e. The Balaban J connectivity index is 2.18. The summed E-state index contributed by atoms with van der Waals surface area (Å²) in [5.74, 6) is -0.246. The fraction of sp³-hybridized carbons (Fsp3) is 0.250. The van der Waals surface area contributed by atoms with Crippen molar-refractivity contribution in [1.82, 2.24) is 4.98 Å². The normalized spacial score (nSPS) is 10.6. The van der Waals surface area contributed by atoms with Crippen LogP contribution in [0.15, 0.2) is 29.6 Å². The number of rotatable bonds is 4. The minimum atomic E-state index is -0.246. The Bertz CT molecular complexity index is 470. The minimum absolute atomic E-state index is 0.173. The molecule has 0 atom stereocenters. The zero-order chi connectivity index (χ0) is 11.4. The van der Waals surface area contributed by atoms with Crippen molar-refractivity contribution in [3.63, 3.8) is 0 Å². The van der Waals surface area contributed by atoms with Crippen LogP contribution in [0.4, 0.5) is 4.39 Å². The number of aliphatic hydroxyl groups excluding tert-OH is 1. The molecule has 1 aromatic carbocycles. The van der Waals surface area contributed by atoms with E-state index < -0.39 is 0 Å². The molecule has 0 radical (unpaired) electrons. The lowest BCUT2D eigenvalue weighted by molar-refractivity contribution is 0.288. The van der Waals surface area contributed by atoms with Gasteiger partial charge in [-0.05, 0) is 25.0 Å². The first kappa shape index (κ1) is 11.2. The van der Waals surface area contributed by atoms with Gasteiger partial charge in [0.2, 0.25) is 0 Å². The van der Waals surface area contributed by atoms with E-state index in [-0.39, 0.29) is 12.4 Å². The molecule has 0 saturated carbocycles. The van der Waals surface area contributed by atoms with Gasteiger partial charge in [-0.1, -0.05) is 12.1 Å². The number of hydrogen-bond acceptors (Lipinski definition) is 3. The van der Waals surface area contributed by atoms with Gasteiger partial charge in [-0.3, -0.25) is 0 Å². The number of halogens is 1. The highest BCUT2D eigenvalue weighted by molar-refractivity contribution is 7.13. The van der Waals surface area contributed by atoms with E-state index in [2.05, 4.69) is 4.98 Å². The average molecular weight is 237 g/mol. The van der Waals surface area contributed by atoms with Crippen molar-refractivity contribution in [1.29, 1.82) is 0 Å². The van der Waals surface area contributed by atoms with E-state index >= 15 is 0 Å². The maximum absolute atomic E-state index is 13.0. The van der Waals surface area contributed by atoms with Gasteiger partial charge in [-0.2, -0.15) is 0 Å². The van der Waals surface area contributed by atoms with Gasteiger partial charge < -0.3 is 5.11 Å². The van der Waals surface area contributed by atoms with Crippen molar-refractivity contribution in [3.05, 3.63) is 41.2 Å². The summed E-state index contributed by atoms with van der Waals surface area (Å²) in [7, 11) is 0. The molecule has 0 aliphatic carbocycles. The summed E-state index contributed by atoms with van der Waals surface area (Å²) in [4.78, 5) is 4.40. The van der Waals surface area contributed by atoms with Crippen molar-refractivity contribution in [3.8, 4) is 10.6 Å². The van der Waals surface area contributed by atoms with Gasteiger partial charge in [0.25, 0.3) is 0 Å². The van der Waals surface area contributed by atoms with Crippen LogP contribution in [0.1, 0.15) is 12.1 Å². The van der Waals surface area contributed by atoms with Crippen LogP contribution in [0.5, 0.6) is 0 Å². The lowest BCUT2D eigenvalue weighted by Gasteiger charge is -1.96. The van der Waals surface area contributed by atoms with Gasteiger partial charge in [0.15, 0.2) is 0 Å². The molecule has 0 saturated heterocycles. The molecule has 1 aromatic heterocycles. The fourth-order valence-electron chi connectivity index (χ4n) is 1.44. The lowest BCUT2D eigenvalue weighted by Crippen LogP contribution is -1.89. The van der Waals surface area contributed by atoms with Gasteiger partial charge in [-0.25, -0.2) is 9.37 Å². The summed E-state index contributed by atoms with van der Waals surface area (Å²) in [5, 5.41) is 11.5. The summed E-state index contributed by atoms with van der Waals surface area (Å²) < 4.78 is 13.0. The molecule has 0 amide bonds. The SMILES string of the molecule is OCCCc1csc(-c2cccc(F)c2)n1. The van der Waals surface area contributed by atoms with Gasteiger partial charge in [0.1, 0.15) is 10.8 Å². The third-order valence-electron chi connectivity index (χ3n) is 2.21. The molecule has 16 heavy (non-hydrogen) atoms. The quantitative estimate of drug-likeness (QED) is 0.887. The standard InChI is InChI=1S/C12H12FNOS/c13-10-4-1-3-9(7-10)12-14-11(8-16-12)5-2-6-15/h1,3-4,7-8,15H,2,5-6H2. The second-order valence-electron chi connectivity index (χ2n) is 3.48. The highest BCUT2D eigenvalue weighted by atomic mass is 32.1. The summed E-state index contributed by atoms with van der Waals surface area (Å²) in [6.45, 7) is 0.173. The average Bonchev–Trinajstić information content (AvgIpc) is 2.75. The van der Waals surface area contributed by atoms with Gasteiger partial charge in [0, 0.05) is 17.6 Å². The molecule has 1 N–H and O–H groups in total. The molecular weight excluding hydrogens is 225 g/mol. The van der Waals surface area contributed by atoms with Crippen molar-refractivity contribution in [2.24, 2.45) is 0 Å². The molecule has 0 unspecified atom stereocenters. The van der Waals surface area contributed by atoms with E-state index in [9.17, 15) is 4.39 Å². The molecule has 0 bridgehead atoms. The first-order valence-corrected chi connectivity index (χ1v) is 5.99. The number of aliphatic hydroxyl groups is 1. The molecular formula is C12H12FNOS. The zero-order valence-corrected chi connectivity index (χ0v) is 9.51. The molecule has 0 aliphatic rings. The molecule has 2 rings (SSSR count). The van der Waals surface area contributed by atoms with Crippen LogP contribution < -0.4 is 0 Å². The Morgan fingerprint density at radius 1 is 1.38 bits per heavy atom. The number of aryl methyl sites for hydroxylation is 1. The van der Waals surface area contributed by atoms with Crippen molar-refractivity contribution >= 4 is 11.3 Å². The Labute approximate surface area is 97.4 Å². The Hall–Kier alpha value is -1.26. The molecule has 84 valence electrons. The topological polar surface area (TPSA) is 33.1 Å². The second-order valence-corrected chi connectivity index (χ2v) is 4.34. The molecule has 0 fully saturated rings. The van der Waals surface area contributed by atoms with E-state index in [1.54, 1.807) is 6.07 Å². The van der Waals surface area contributed by atoms with Gasteiger partial charge >= 0.3 is 0 Å². The van der Waals surface area contributed by atoms with Crippen LogP contribution in [-0.4, -0.2) is 16.7 Å². The lowest BCUT2D eigenvalue weighted by atomic mass is 10.2. The van der Waals surface area contributed by atoms with Crippen LogP contribution >= 0.6 is 11.3 Å². The minimum Gasteiger partial charge on any atom is -0.396 e. The summed E-state index contributed by atoms with van der Waals surface area (Å²) in [6.07, 6.45) is 1.48. The Morgan fingerprint density at radius 2 is 2.25 bits per heavy atom. The number of nitrogens with zero attached hydrogens (tertiary/aromatic N) is 1. The van der Waals surface area contributed by atoms with Crippen LogP contribution in [-0.2, 0) is 6.42 Å². The van der Waals surface area contributed by atoms with Crippen molar-refractivity contribution in [2.45, 2.75) is 12.8 Å². The molecule has 0 spiro atoms. The van der Waals surface area contributed by atoms with Crippen molar-refractivity contribution in [2.75, 3.05) is 6.61 Å². The van der Waals surface area contributed by atoms with E-state index in [0.29, 0.717) is 6.42 Å². The van der Waals surface area contributed by atoms with E-state index in [1.807, 2.05) is 11.4 Å². The number of thiazole rings is 1. The number of hydrogen-bond donors (Lipinski definition) is 1. The Morgan fingerprint density at radius 3 is 3.00 bits per heavy atom. The second kappa shape index (κ2) is 5.18. The third-order valence-corrected chi connectivity index (χ3v) is 3.15. The predicted molar refractivity (Wildman–Crippen MR) is 62.9 cm³/mol. The van der Waals surface area contributed by atoms with Gasteiger partial charge in [-0.15, -0.1) is 11.3 Å². The highest BCUT2D eigenvalue weighted by Gasteiger charge is 2.05. The van der Waals surface area contributed by atoms with E-state index in [4.69, 9.17) is 5.11 Å². The summed E-state index contributed by atoms with van der Waals surface area (Å²) >= 11 is 1.50. The molecule has 4 heteroatoms. The first-order chi connectivity index (χ1) is 7.79. The number of benzene rings is 1. The molecule has 2 aromatic rings. The largest absolute Gasteiger partial charge is 0.396 e. The monoisotopic (exact) mass is 237 g/mol. The van der Waals surface area contributed by atoms with Gasteiger partial charge in [0.05, 0.1) is 5.69 Å². The molecule has 2 nitrogen and oxygen atoms in total. The smallest absolute Gasteiger partial charge is 0.123 e. The first-order valence-electron chi connectivity index (χ1n) is 5.11. The Kier molecular flexibility index (Phi) is 3.64. The third kappa shape index (κ3) is 2.65. The maximum atomic E-state index is 13.0. The van der Waals surface area contributed by atoms with Crippen LogP contribution in [0, 0.1) is 5.82 Å². The van der Waals surface area contributed by atoms with Crippen LogP contribution in [0.3, 0.4) is 0 Å². The summed E-state index contributed by atoms with van der Waals surface area (Å²) in [6, 6.07) is 6.43. The van der Waals surface area contributed by atoms with Crippen LogP contribution in [0.25, 0.3) is 10.6 Å². The van der Waals surface area contributed by atoms with E-state index in [0.717, 1.165) is 22.7 Å². The highest BCUT2D eigenvalue weighted by Crippen LogP contribution is 2.24. The number of aromatic nitrogens is 1. The van der Waals surface area contributed by atoms with E-state index in [1.165, 1.54) is 23.5 Å². The molecule has 1 heterocycles. The van der Waals surface area contributed by atoms with Crippen molar-refractivity contribution < 1.29 is 9.50 Å². The zero-order valence-electron chi connectivity index (χ0n) is 8.69.